The molecule has 0 radical (unpaired) electrons. The van der Waals surface area contributed by atoms with Crippen LogP contribution in [0.4, 0.5) is 0 Å². The molecule has 1 aliphatic carbocycles. The highest BCUT2D eigenvalue weighted by molar-refractivity contribution is 4.86. The molecule has 0 nitrogen and oxygen atoms in total. The maximum Gasteiger partial charge on any atom is -0.0358 e. The maximum atomic E-state index is 2.45. The Morgan fingerprint density at radius 3 is 2.08 bits per heavy atom. The number of rotatable bonds is 4. The highest BCUT2D eigenvalue weighted by Gasteiger charge is 2.37. The third-order valence-electron chi connectivity index (χ3n) is 4.15. The summed E-state index contributed by atoms with van der Waals surface area (Å²) >= 11 is 0. The predicted octanol–water partition coefficient (Wildman–Crippen LogP) is 4.35. The minimum Gasteiger partial charge on any atom is -0.0628 e. The molecule has 0 aliphatic heterocycles. The van der Waals surface area contributed by atoms with Gasteiger partial charge in [-0.25, -0.2) is 0 Å². The molecule has 0 bridgehead atoms. The van der Waals surface area contributed by atoms with Crippen LogP contribution >= 0.6 is 0 Å². The van der Waals surface area contributed by atoms with Gasteiger partial charge in [-0.05, 0) is 36.0 Å². The van der Waals surface area contributed by atoms with Gasteiger partial charge in [-0.15, -0.1) is 0 Å². The summed E-state index contributed by atoms with van der Waals surface area (Å²) in [6.45, 7) is 12.0. The van der Waals surface area contributed by atoms with E-state index in [2.05, 4.69) is 34.6 Å². The molecule has 0 amide bonds. The second kappa shape index (κ2) is 4.48. The van der Waals surface area contributed by atoms with E-state index in [1.807, 2.05) is 0 Å². The molecule has 0 heterocycles. The monoisotopic (exact) mass is 182 g/mol. The zero-order valence-electron chi connectivity index (χ0n) is 10.0. The number of hydrogen-bond donors (Lipinski definition) is 0. The lowest BCUT2D eigenvalue weighted by Crippen LogP contribution is -2.36. The second-order valence-electron chi connectivity index (χ2n) is 5.68. The zero-order valence-corrected chi connectivity index (χ0v) is 10.0. The molecule has 1 fully saturated rings. The van der Waals surface area contributed by atoms with Crippen LogP contribution in [-0.2, 0) is 0 Å². The van der Waals surface area contributed by atoms with Gasteiger partial charge in [0, 0.05) is 0 Å². The molecule has 0 aromatic rings. The Labute approximate surface area is 84.1 Å². The van der Waals surface area contributed by atoms with Crippen LogP contribution in [0.25, 0.3) is 0 Å². The Balaban J connectivity index is 2.21. The second-order valence-corrected chi connectivity index (χ2v) is 5.68. The first-order valence-electron chi connectivity index (χ1n) is 6.02. The maximum absolute atomic E-state index is 2.45. The summed E-state index contributed by atoms with van der Waals surface area (Å²) in [5.74, 6) is 4.87. The van der Waals surface area contributed by atoms with Crippen molar-refractivity contribution < 1.29 is 0 Å². The molecule has 4 atom stereocenters. The number of hydrogen-bond acceptors (Lipinski definition) is 0. The van der Waals surface area contributed by atoms with Crippen molar-refractivity contribution in [3.63, 3.8) is 0 Å². The first-order valence-corrected chi connectivity index (χ1v) is 6.02. The molecular formula is C13H26. The Morgan fingerprint density at radius 2 is 1.69 bits per heavy atom. The predicted molar refractivity (Wildman–Crippen MR) is 59.7 cm³/mol. The minimum absolute atomic E-state index is 0.884. The van der Waals surface area contributed by atoms with E-state index >= 15 is 0 Å². The zero-order chi connectivity index (χ0) is 10.0. The largest absolute Gasteiger partial charge is 0.0628 e. The molecule has 0 saturated heterocycles. The van der Waals surface area contributed by atoms with Crippen molar-refractivity contribution >= 4 is 0 Å². The van der Waals surface area contributed by atoms with Gasteiger partial charge in [0.1, 0.15) is 0 Å². The van der Waals surface area contributed by atoms with Crippen molar-refractivity contribution in [3.8, 4) is 0 Å². The molecule has 0 spiro atoms. The lowest BCUT2D eigenvalue weighted by atomic mass is 9.61. The normalized spacial score (nSPS) is 36.0. The van der Waals surface area contributed by atoms with Gasteiger partial charge in [0.15, 0.2) is 0 Å². The van der Waals surface area contributed by atoms with Gasteiger partial charge in [0.25, 0.3) is 0 Å². The molecule has 0 heteroatoms. The highest BCUT2D eigenvalue weighted by atomic mass is 14.4. The SMILES string of the molecule is CC(C)CCC(C)C1CC(C)C1C. The molecule has 1 aliphatic rings. The van der Waals surface area contributed by atoms with Crippen LogP contribution in [0.15, 0.2) is 0 Å². The summed E-state index contributed by atoms with van der Waals surface area (Å²) in [4.78, 5) is 0. The molecule has 4 unspecified atom stereocenters. The standard InChI is InChI=1S/C13H26/c1-9(2)6-7-10(3)13-8-11(4)12(13)5/h9-13H,6-8H2,1-5H3. The Hall–Kier alpha value is 0. The molecular weight excluding hydrogens is 156 g/mol. The highest BCUT2D eigenvalue weighted by Crippen LogP contribution is 2.45. The van der Waals surface area contributed by atoms with E-state index in [1.54, 1.807) is 0 Å². The van der Waals surface area contributed by atoms with E-state index in [1.165, 1.54) is 19.3 Å². The molecule has 78 valence electrons. The lowest BCUT2D eigenvalue weighted by Gasteiger charge is -2.44. The minimum atomic E-state index is 0.884. The van der Waals surface area contributed by atoms with Crippen LogP contribution in [-0.4, -0.2) is 0 Å². The summed E-state index contributed by atoms with van der Waals surface area (Å²) in [6, 6.07) is 0. The van der Waals surface area contributed by atoms with E-state index in [9.17, 15) is 0 Å². The van der Waals surface area contributed by atoms with Crippen LogP contribution in [0.1, 0.15) is 53.9 Å². The third kappa shape index (κ3) is 2.72. The van der Waals surface area contributed by atoms with E-state index < -0.39 is 0 Å². The molecule has 0 aromatic heterocycles. The van der Waals surface area contributed by atoms with Gasteiger partial charge in [-0.2, -0.15) is 0 Å². The summed E-state index contributed by atoms with van der Waals surface area (Å²) in [7, 11) is 0. The van der Waals surface area contributed by atoms with Crippen LogP contribution in [0.3, 0.4) is 0 Å². The first-order chi connectivity index (χ1) is 6.02. The fourth-order valence-corrected chi connectivity index (χ4v) is 2.65. The smallest absolute Gasteiger partial charge is 0.0358 e. The third-order valence-corrected chi connectivity index (χ3v) is 4.15. The van der Waals surface area contributed by atoms with Crippen molar-refractivity contribution in [1.29, 1.82) is 0 Å². The van der Waals surface area contributed by atoms with Crippen molar-refractivity contribution in [2.45, 2.75) is 53.9 Å². The fraction of sp³-hybridized carbons (Fsp3) is 1.00. The van der Waals surface area contributed by atoms with Crippen LogP contribution in [0, 0.1) is 29.6 Å². The van der Waals surface area contributed by atoms with Crippen LogP contribution in [0.2, 0.25) is 0 Å². The average Bonchev–Trinajstić information content (AvgIpc) is 2.09. The Morgan fingerprint density at radius 1 is 1.08 bits per heavy atom. The van der Waals surface area contributed by atoms with Crippen molar-refractivity contribution in [3.05, 3.63) is 0 Å². The summed E-state index contributed by atoms with van der Waals surface area (Å²) < 4.78 is 0. The average molecular weight is 182 g/mol. The Bertz CT molecular complexity index is 148. The first kappa shape index (κ1) is 11.1. The lowest BCUT2D eigenvalue weighted by molar-refractivity contribution is 0.0496. The quantitative estimate of drug-likeness (QED) is 0.606. The van der Waals surface area contributed by atoms with Gasteiger partial charge < -0.3 is 0 Å². The molecule has 1 saturated carbocycles. The molecule has 0 aromatic carbocycles. The molecule has 1 rings (SSSR count). The topological polar surface area (TPSA) is 0 Å². The van der Waals surface area contributed by atoms with Crippen molar-refractivity contribution in [1.82, 2.24) is 0 Å². The van der Waals surface area contributed by atoms with E-state index in [-0.39, 0.29) is 0 Å². The van der Waals surface area contributed by atoms with Gasteiger partial charge >= 0.3 is 0 Å². The molecule has 13 heavy (non-hydrogen) atoms. The molecule has 0 N–H and O–H groups in total. The summed E-state index contributed by atoms with van der Waals surface area (Å²) in [5.41, 5.74) is 0. The summed E-state index contributed by atoms with van der Waals surface area (Å²) in [6.07, 6.45) is 4.35. The van der Waals surface area contributed by atoms with Crippen LogP contribution < -0.4 is 0 Å². The summed E-state index contributed by atoms with van der Waals surface area (Å²) in [5, 5.41) is 0. The van der Waals surface area contributed by atoms with E-state index in [0.29, 0.717) is 0 Å². The van der Waals surface area contributed by atoms with Gasteiger partial charge in [0.05, 0.1) is 0 Å². The van der Waals surface area contributed by atoms with E-state index in [0.717, 1.165) is 29.6 Å². The van der Waals surface area contributed by atoms with Crippen LogP contribution in [0.5, 0.6) is 0 Å². The van der Waals surface area contributed by atoms with Crippen molar-refractivity contribution in [2.24, 2.45) is 29.6 Å². The van der Waals surface area contributed by atoms with E-state index in [4.69, 9.17) is 0 Å². The van der Waals surface area contributed by atoms with Crippen molar-refractivity contribution in [2.75, 3.05) is 0 Å². The van der Waals surface area contributed by atoms with Gasteiger partial charge in [0.2, 0.25) is 0 Å². The van der Waals surface area contributed by atoms with Gasteiger partial charge in [-0.3, -0.25) is 0 Å². The van der Waals surface area contributed by atoms with Gasteiger partial charge in [-0.1, -0.05) is 47.5 Å². The Kier molecular flexibility index (Phi) is 3.82. The fourth-order valence-electron chi connectivity index (χ4n) is 2.65.